The number of nitrogens with zero attached hydrogens (tertiary/aromatic N) is 1. The highest BCUT2D eigenvalue weighted by Crippen LogP contribution is 2.20. The zero-order valence-corrected chi connectivity index (χ0v) is 13.9. The summed E-state index contributed by atoms with van der Waals surface area (Å²) in [4.78, 5) is 24.8. The summed E-state index contributed by atoms with van der Waals surface area (Å²) >= 11 is 0. The number of carbonyl (C=O) groups is 2. The highest BCUT2D eigenvalue weighted by Gasteiger charge is 2.13. The standard InChI is InChI=1S/C18H20FN3O2/c1-12-6-4-5-7-14(12)11-22(3)18(24)21-17-10-15(20-13(2)23)8-9-16(17)19/h4-10H,11H2,1-3H3,(H,20,23)(H,21,24). The zero-order chi connectivity index (χ0) is 17.7. The van der Waals surface area contributed by atoms with Crippen molar-refractivity contribution in [2.75, 3.05) is 17.7 Å². The van der Waals surface area contributed by atoms with Gasteiger partial charge >= 0.3 is 6.03 Å². The summed E-state index contributed by atoms with van der Waals surface area (Å²) in [5, 5.41) is 5.08. The van der Waals surface area contributed by atoms with E-state index in [2.05, 4.69) is 10.6 Å². The number of aryl methyl sites for hydroxylation is 1. The van der Waals surface area contributed by atoms with Crippen LogP contribution in [0.15, 0.2) is 42.5 Å². The first kappa shape index (κ1) is 17.5. The van der Waals surface area contributed by atoms with Crippen molar-refractivity contribution in [3.63, 3.8) is 0 Å². The number of hydrogen-bond donors (Lipinski definition) is 2. The topological polar surface area (TPSA) is 61.4 Å². The van der Waals surface area contributed by atoms with Crippen LogP contribution in [0.5, 0.6) is 0 Å². The van der Waals surface area contributed by atoms with Gasteiger partial charge in [-0.2, -0.15) is 0 Å². The Morgan fingerprint density at radius 3 is 2.50 bits per heavy atom. The van der Waals surface area contributed by atoms with Crippen LogP contribution in [-0.4, -0.2) is 23.9 Å². The molecular weight excluding hydrogens is 309 g/mol. The Hall–Kier alpha value is -2.89. The second-order valence-corrected chi connectivity index (χ2v) is 5.59. The molecule has 0 aliphatic rings. The molecule has 5 nitrogen and oxygen atoms in total. The molecular formula is C18H20FN3O2. The van der Waals surface area contributed by atoms with Crippen molar-refractivity contribution in [3.8, 4) is 0 Å². The average molecular weight is 329 g/mol. The third kappa shape index (κ3) is 4.55. The molecule has 0 bridgehead atoms. The van der Waals surface area contributed by atoms with Crippen molar-refractivity contribution in [1.29, 1.82) is 0 Å². The number of halogens is 1. The molecule has 24 heavy (non-hydrogen) atoms. The predicted molar refractivity (Wildman–Crippen MR) is 92.4 cm³/mol. The fourth-order valence-corrected chi connectivity index (χ4v) is 2.23. The van der Waals surface area contributed by atoms with Crippen molar-refractivity contribution in [3.05, 3.63) is 59.4 Å². The van der Waals surface area contributed by atoms with Crippen LogP contribution in [0.4, 0.5) is 20.6 Å². The monoisotopic (exact) mass is 329 g/mol. The molecule has 0 aliphatic carbocycles. The maximum atomic E-state index is 13.9. The first-order valence-electron chi connectivity index (χ1n) is 7.50. The molecule has 6 heteroatoms. The molecule has 2 rings (SSSR count). The Morgan fingerprint density at radius 2 is 1.83 bits per heavy atom. The minimum absolute atomic E-state index is 0.0166. The number of nitrogens with one attached hydrogen (secondary N) is 2. The summed E-state index contributed by atoms with van der Waals surface area (Å²) in [6.45, 7) is 3.74. The van der Waals surface area contributed by atoms with Gasteiger partial charge in [-0.1, -0.05) is 24.3 Å². The van der Waals surface area contributed by atoms with E-state index < -0.39 is 11.8 Å². The second kappa shape index (κ2) is 7.59. The van der Waals surface area contributed by atoms with Crippen molar-refractivity contribution in [1.82, 2.24) is 4.90 Å². The predicted octanol–water partition coefficient (Wildman–Crippen LogP) is 3.76. The van der Waals surface area contributed by atoms with Crippen LogP contribution in [0, 0.1) is 12.7 Å². The van der Waals surface area contributed by atoms with Crippen LogP contribution in [-0.2, 0) is 11.3 Å². The SMILES string of the molecule is CC(=O)Nc1ccc(F)c(NC(=O)N(C)Cc2ccccc2C)c1. The highest BCUT2D eigenvalue weighted by atomic mass is 19.1. The molecule has 2 aromatic rings. The van der Waals surface area contributed by atoms with Crippen molar-refractivity contribution >= 4 is 23.3 Å². The van der Waals surface area contributed by atoms with Crippen LogP contribution in [0.3, 0.4) is 0 Å². The van der Waals surface area contributed by atoms with Gasteiger partial charge in [0.15, 0.2) is 0 Å². The van der Waals surface area contributed by atoms with Gasteiger partial charge in [-0.05, 0) is 36.2 Å². The molecule has 3 amide bonds. The number of hydrogen-bond acceptors (Lipinski definition) is 2. The lowest BCUT2D eigenvalue weighted by Crippen LogP contribution is -2.31. The summed E-state index contributed by atoms with van der Waals surface area (Å²) < 4.78 is 13.9. The smallest absolute Gasteiger partial charge is 0.321 e. The van der Waals surface area contributed by atoms with Gasteiger partial charge in [0, 0.05) is 26.2 Å². The Kier molecular flexibility index (Phi) is 5.52. The van der Waals surface area contributed by atoms with E-state index in [9.17, 15) is 14.0 Å². The molecule has 0 unspecified atom stereocenters. The molecule has 0 saturated carbocycles. The Balaban J connectivity index is 2.08. The molecule has 2 N–H and O–H groups in total. The van der Waals surface area contributed by atoms with E-state index in [-0.39, 0.29) is 11.6 Å². The minimum Gasteiger partial charge on any atom is -0.326 e. The molecule has 0 aliphatic heterocycles. The average Bonchev–Trinajstić information content (AvgIpc) is 2.52. The van der Waals surface area contributed by atoms with Crippen LogP contribution < -0.4 is 10.6 Å². The largest absolute Gasteiger partial charge is 0.326 e. The Morgan fingerprint density at radius 1 is 1.12 bits per heavy atom. The Labute approximate surface area is 140 Å². The number of rotatable bonds is 4. The lowest BCUT2D eigenvalue weighted by molar-refractivity contribution is -0.114. The van der Waals surface area contributed by atoms with Gasteiger partial charge in [-0.3, -0.25) is 4.79 Å². The van der Waals surface area contributed by atoms with Crippen LogP contribution >= 0.6 is 0 Å². The lowest BCUT2D eigenvalue weighted by atomic mass is 10.1. The molecule has 0 fully saturated rings. The quantitative estimate of drug-likeness (QED) is 0.897. The summed E-state index contributed by atoms with van der Waals surface area (Å²) in [7, 11) is 1.64. The van der Waals surface area contributed by atoms with E-state index >= 15 is 0 Å². The van der Waals surface area contributed by atoms with Gasteiger partial charge in [0.25, 0.3) is 0 Å². The third-order valence-corrected chi connectivity index (χ3v) is 3.54. The minimum atomic E-state index is -0.568. The van der Waals surface area contributed by atoms with E-state index in [1.54, 1.807) is 7.05 Å². The van der Waals surface area contributed by atoms with Crippen LogP contribution in [0.25, 0.3) is 0 Å². The third-order valence-electron chi connectivity index (χ3n) is 3.54. The van der Waals surface area contributed by atoms with E-state index in [1.165, 1.54) is 30.0 Å². The van der Waals surface area contributed by atoms with E-state index in [1.807, 2.05) is 31.2 Å². The molecule has 0 atom stereocenters. The zero-order valence-electron chi connectivity index (χ0n) is 13.9. The lowest BCUT2D eigenvalue weighted by Gasteiger charge is -2.19. The van der Waals surface area contributed by atoms with Crippen molar-refractivity contribution in [2.24, 2.45) is 0 Å². The fourth-order valence-electron chi connectivity index (χ4n) is 2.23. The maximum Gasteiger partial charge on any atom is 0.321 e. The number of benzene rings is 2. The number of anilines is 2. The molecule has 2 aromatic carbocycles. The van der Waals surface area contributed by atoms with E-state index in [0.717, 1.165) is 11.1 Å². The van der Waals surface area contributed by atoms with Gasteiger partial charge in [-0.25, -0.2) is 9.18 Å². The van der Waals surface area contributed by atoms with Crippen molar-refractivity contribution < 1.29 is 14.0 Å². The van der Waals surface area contributed by atoms with E-state index in [0.29, 0.717) is 12.2 Å². The van der Waals surface area contributed by atoms with E-state index in [4.69, 9.17) is 0 Å². The number of amides is 3. The molecule has 0 aromatic heterocycles. The van der Waals surface area contributed by atoms with Crippen LogP contribution in [0.1, 0.15) is 18.1 Å². The summed E-state index contributed by atoms with van der Waals surface area (Å²) in [6, 6.07) is 11.3. The fraction of sp³-hybridized carbons (Fsp3) is 0.222. The van der Waals surface area contributed by atoms with Crippen LogP contribution in [0.2, 0.25) is 0 Å². The highest BCUT2D eigenvalue weighted by molar-refractivity contribution is 5.92. The summed E-state index contributed by atoms with van der Waals surface area (Å²) in [5.74, 6) is -0.836. The van der Waals surface area contributed by atoms with Crippen molar-refractivity contribution in [2.45, 2.75) is 20.4 Å². The molecule has 0 saturated heterocycles. The van der Waals surface area contributed by atoms with Gasteiger partial charge in [0.2, 0.25) is 5.91 Å². The molecule has 0 radical (unpaired) electrons. The number of carbonyl (C=O) groups excluding carboxylic acids is 2. The van der Waals surface area contributed by atoms with Gasteiger partial charge in [0.05, 0.1) is 5.69 Å². The normalized spacial score (nSPS) is 10.2. The number of urea groups is 1. The summed E-state index contributed by atoms with van der Waals surface area (Å²) in [6.07, 6.45) is 0. The van der Waals surface area contributed by atoms with Gasteiger partial charge < -0.3 is 15.5 Å². The molecule has 126 valence electrons. The molecule has 0 heterocycles. The first-order valence-corrected chi connectivity index (χ1v) is 7.50. The van der Waals surface area contributed by atoms with Gasteiger partial charge in [-0.15, -0.1) is 0 Å². The molecule has 0 spiro atoms. The Bertz CT molecular complexity index is 762. The van der Waals surface area contributed by atoms with Gasteiger partial charge in [0.1, 0.15) is 5.82 Å². The second-order valence-electron chi connectivity index (χ2n) is 5.59. The first-order chi connectivity index (χ1) is 11.4. The maximum absolute atomic E-state index is 13.9. The summed E-state index contributed by atoms with van der Waals surface area (Å²) in [5.41, 5.74) is 2.53.